The number of amides is 2. The highest BCUT2D eigenvalue weighted by molar-refractivity contribution is 14.1. The maximum absolute atomic E-state index is 15.2. The third-order valence-corrected chi connectivity index (χ3v) is 14.4. The van der Waals surface area contributed by atoms with Crippen LogP contribution in [0.4, 0.5) is 41.1 Å². The number of nitrogens with zero attached hydrogens (tertiary/aromatic N) is 4. The van der Waals surface area contributed by atoms with Gasteiger partial charge in [0.2, 0.25) is 0 Å². The van der Waals surface area contributed by atoms with E-state index in [0.717, 1.165) is 55.8 Å². The van der Waals surface area contributed by atoms with E-state index in [4.69, 9.17) is 31.2 Å². The van der Waals surface area contributed by atoms with E-state index in [1.54, 1.807) is 12.1 Å². The molecule has 58 heavy (non-hydrogen) atoms. The summed E-state index contributed by atoms with van der Waals surface area (Å²) in [5, 5.41) is 7.00. The summed E-state index contributed by atoms with van der Waals surface area (Å²) in [6, 6.07) is 7.08. The van der Waals surface area contributed by atoms with Gasteiger partial charge in [-0.25, -0.2) is 18.4 Å². The molecule has 6 saturated heterocycles. The molecular formula is C39H50F2IN5O9S2. The lowest BCUT2D eigenvalue weighted by Gasteiger charge is -2.38. The molecular weight excluding hydrogens is 911 g/mol. The van der Waals surface area contributed by atoms with Gasteiger partial charge in [-0.1, -0.05) is 22.6 Å². The Bertz CT molecular complexity index is 1850. The number of thioether (sulfide) groups is 2. The molecule has 14 nitrogen and oxygen atoms in total. The summed E-state index contributed by atoms with van der Waals surface area (Å²) < 4.78 is 63.6. The van der Waals surface area contributed by atoms with Crippen LogP contribution in [0.25, 0.3) is 0 Å². The molecule has 4 bridgehead atoms. The fourth-order valence-electron chi connectivity index (χ4n) is 9.33. The third-order valence-electron chi connectivity index (χ3n) is 11.9. The Kier molecular flexibility index (Phi) is 13.4. The number of cyclic esters (lactones) is 2. The lowest BCUT2D eigenvalue weighted by atomic mass is 10.0. The SMILES string of the molecule is CO.COC(=O)CC[C@@H]1OC(=O)N2c3cc(F)c(N4C5CCC4CSC5)cc3OC[C@@H]12.NC[C@@H]1OC(=O)N2c3cc(F)c(N4C5CCC4CSC5)cc3OC[C@@H]12.[2H]CI. The van der Waals surface area contributed by atoms with Crippen LogP contribution in [0.1, 0.15) is 39.9 Å². The molecule has 0 saturated carbocycles. The number of fused-ring (bicyclic) bond motifs is 10. The summed E-state index contributed by atoms with van der Waals surface area (Å²) in [7, 11) is 2.32. The highest BCUT2D eigenvalue weighted by atomic mass is 127. The minimum Gasteiger partial charge on any atom is -0.489 e. The summed E-state index contributed by atoms with van der Waals surface area (Å²) in [5.74, 6) is 4.12. The number of aliphatic hydroxyl groups excluding tert-OH is 1. The molecule has 0 aromatic heterocycles. The van der Waals surface area contributed by atoms with E-state index in [2.05, 4.69) is 14.5 Å². The van der Waals surface area contributed by atoms with Crippen LogP contribution in [0.5, 0.6) is 11.5 Å². The minimum atomic E-state index is -0.531. The molecule has 19 heteroatoms. The van der Waals surface area contributed by atoms with Crippen molar-refractivity contribution >= 4 is 87.0 Å². The van der Waals surface area contributed by atoms with Crippen molar-refractivity contribution in [1.82, 2.24) is 0 Å². The molecule has 8 atom stereocenters. The normalized spacial score (nSPS) is 29.5. The van der Waals surface area contributed by atoms with Gasteiger partial charge in [0.25, 0.3) is 0 Å². The Hall–Kier alpha value is -3.14. The first-order valence-corrected chi connectivity index (χ1v) is 23.2. The molecule has 4 unspecified atom stereocenters. The zero-order valence-corrected chi connectivity index (χ0v) is 36.1. The van der Waals surface area contributed by atoms with Crippen LogP contribution < -0.4 is 34.8 Å². The number of hydrogen-bond acceptors (Lipinski definition) is 14. The van der Waals surface area contributed by atoms with Gasteiger partial charge in [-0.15, -0.1) is 0 Å². The zero-order chi connectivity index (χ0) is 42.0. The van der Waals surface area contributed by atoms with E-state index < -0.39 is 24.4 Å². The number of benzene rings is 2. The van der Waals surface area contributed by atoms with Gasteiger partial charge in [0.15, 0.2) is 0 Å². The average molecular weight is 963 g/mol. The molecule has 2 amide bonds. The second-order valence-corrected chi connectivity index (χ2v) is 17.0. The van der Waals surface area contributed by atoms with E-state index in [1.165, 1.54) is 29.0 Å². The summed E-state index contributed by atoms with van der Waals surface area (Å²) in [6.45, 7) is 0.785. The predicted octanol–water partition coefficient (Wildman–Crippen LogP) is 5.56. The number of anilines is 4. The first kappa shape index (κ1) is 41.6. The molecule has 2 aromatic rings. The van der Waals surface area contributed by atoms with Gasteiger partial charge in [0.05, 0.1) is 29.9 Å². The lowest BCUT2D eigenvalue weighted by molar-refractivity contribution is -0.141. The number of aliphatic hydroxyl groups is 1. The van der Waals surface area contributed by atoms with Crippen molar-refractivity contribution in [3.63, 3.8) is 0 Å². The molecule has 10 rings (SSSR count). The first-order chi connectivity index (χ1) is 28.6. The second-order valence-electron chi connectivity index (χ2n) is 14.9. The zero-order valence-electron chi connectivity index (χ0n) is 33.4. The van der Waals surface area contributed by atoms with E-state index in [-0.39, 0.29) is 49.3 Å². The van der Waals surface area contributed by atoms with Gasteiger partial charge in [-0.3, -0.25) is 14.6 Å². The van der Waals surface area contributed by atoms with E-state index in [1.807, 2.05) is 46.1 Å². The number of halogens is 3. The van der Waals surface area contributed by atoms with E-state index in [0.29, 0.717) is 76.4 Å². The van der Waals surface area contributed by atoms with Crippen LogP contribution in [0.2, 0.25) is 0 Å². The van der Waals surface area contributed by atoms with Gasteiger partial charge >= 0.3 is 18.2 Å². The van der Waals surface area contributed by atoms with Crippen molar-refractivity contribution in [2.45, 2.75) is 87.0 Å². The van der Waals surface area contributed by atoms with Crippen LogP contribution in [-0.2, 0) is 19.0 Å². The molecule has 318 valence electrons. The van der Waals surface area contributed by atoms with Gasteiger partial charge < -0.3 is 44.3 Å². The van der Waals surface area contributed by atoms with Crippen molar-refractivity contribution in [1.29, 1.82) is 0 Å². The molecule has 8 heterocycles. The van der Waals surface area contributed by atoms with Gasteiger partial charge in [-0.2, -0.15) is 23.5 Å². The number of carbonyl (C=O) groups is 3. The summed E-state index contributed by atoms with van der Waals surface area (Å²) >= 11 is 5.83. The van der Waals surface area contributed by atoms with Crippen molar-refractivity contribution in [3.8, 4) is 11.5 Å². The molecule has 2 aromatic carbocycles. The molecule has 8 aliphatic heterocycles. The van der Waals surface area contributed by atoms with Crippen LogP contribution in [-0.4, -0.2) is 134 Å². The number of methoxy groups -OCH3 is 1. The van der Waals surface area contributed by atoms with E-state index in [9.17, 15) is 18.8 Å². The maximum atomic E-state index is 15.2. The Morgan fingerprint density at radius 1 is 0.810 bits per heavy atom. The number of esters is 1. The number of nitrogens with two attached hydrogens (primary N) is 1. The summed E-state index contributed by atoms with van der Waals surface area (Å²) in [4.78, 5) is 44.0. The standard InChI is InChI=1S/C20H23FN2O5S.C17H20FN3O3S.CH3I.CH4O/c1-26-19(24)5-4-17-16-8-27-18-7-14(22-11-2-3-12(22)10-29-9-11)13(21)6-15(18)23(16)20(25)28-17;18-11-3-13-15(23-6-14-16(5-19)24-17(22)21(13)14)4-12(11)20-9-1-2-10(20)8-25-7-9;2*1-2/h6-7,11-12,16-17H,2-5,8-10H2,1H3;3-4,9-10,14,16H,1-2,5-8,19H2;1H3;2H,1H3/t11?,12?,16-,17-;9?,10?,14-,16-;;/m00../s1/i;;1D;. The highest BCUT2D eigenvalue weighted by Crippen LogP contribution is 2.48. The average Bonchev–Trinajstić information content (AvgIpc) is 3.91. The molecule has 3 N–H and O–H groups in total. The topological polar surface area (TPSA) is 157 Å². The largest absolute Gasteiger partial charge is 0.489 e. The van der Waals surface area contributed by atoms with E-state index >= 15 is 4.39 Å². The van der Waals surface area contributed by atoms with Gasteiger partial charge in [0, 0.05) is 92.9 Å². The molecule has 0 aliphatic carbocycles. The lowest BCUT2D eigenvalue weighted by Crippen LogP contribution is -2.47. The van der Waals surface area contributed by atoms with Gasteiger partial charge in [-0.05, 0) is 37.0 Å². The number of rotatable bonds is 6. The van der Waals surface area contributed by atoms with Crippen LogP contribution >= 0.6 is 46.1 Å². The first-order valence-electron chi connectivity index (χ1n) is 20.1. The monoisotopic (exact) mass is 962 g/mol. The Labute approximate surface area is 360 Å². The van der Waals surface area contributed by atoms with Crippen molar-refractivity contribution < 1.29 is 53.3 Å². The number of ether oxygens (including phenoxy) is 5. The van der Waals surface area contributed by atoms with Crippen molar-refractivity contribution in [2.24, 2.45) is 5.73 Å². The van der Waals surface area contributed by atoms with Crippen LogP contribution in [0, 0.1) is 11.6 Å². The second kappa shape index (κ2) is 18.6. The molecule has 6 fully saturated rings. The number of alkyl halides is 1. The highest BCUT2D eigenvalue weighted by Gasteiger charge is 2.49. The van der Waals surface area contributed by atoms with Crippen molar-refractivity contribution in [3.05, 3.63) is 35.9 Å². The quantitative estimate of drug-likeness (QED) is 0.161. The maximum Gasteiger partial charge on any atom is 0.415 e. The third kappa shape index (κ3) is 7.93. The van der Waals surface area contributed by atoms with Crippen LogP contribution in [0.15, 0.2) is 24.3 Å². The Balaban J connectivity index is 0.000000163. The molecule has 0 radical (unpaired) electrons. The fraction of sp³-hybridized carbons (Fsp3) is 0.615. The number of hydrogen-bond donors (Lipinski definition) is 2. The number of carbonyl (C=O) groups excluding carboxylic acids is 3. The Morgan fingerprint density at radius 2 is 1.22 bits per heavy atom. The smallest absolute Gasteiger partial charge is 0.415 e. The predicted molar refractivity (Wildman–Crippen MR) is 228 cm³/mol. The molecule has 8 aliphatic rings. The van der Waals surface area contributed by atoms with Gasteiger partial charge in [0.1, 0.15) is 60.6 Å². The minimum absolute atomic E-state index is 0.148. The van der Waals surface area contributed by atoms with Crippen molar-refractivity contribution in [2.75, 3.05) is 81.5 Å². The molecule has 0 spiro atoms. The summed E-state index contributed by atoms with van der Waals surface area (Å²) in [5.41, 5.74) is 7.66. The summed E-state index contributed by atoms with van der Waals surface area (Å²) in [6.07, 6.45) is 2.94. The Morgan fingerprint density at radius 3 is 1.64 bits per heavy atom. The van der Waals surface area contributed by atoms with Crippen LogP contribution in [0.3, 0.4) is 0 Å². The fourth-order valence-corrected chi connectivity index (χ4v) is 12.0.